The van der Waals surface area contributed by atoms with Gasteiger partial charge in [0.05, 0.1) is 0 Å². The number of benzene rings is 2. The highest BCUT2D eigenvalue weighted by molar-refractivity contribution is 6.30. The quantitative estimate of drug-likeness (QED) is 0.895. The Morgan fingerprint density at radius 2 is 1.96 bits per heavy atom. The summed E-state index contributed by atoms with van der Waals surface area (Å²) in [6, 6.07) is 15.9. The van der Waals surface area contributed by atoms with Gasteiger partial charge in [-0.25, -0.2) is 4.79 Å². The van der Waals surface area contributed by atoms with Gasteiger partial charge < -0.3 is 10.1 Å². The van der Waals surface area contributed by atoms with Crippen LogP contribution in [0.15, 0.2) is 54.6 Å². The highest BCUT2D eigenvalue weighted by Gasteiger charge is 2.35. The topological polar surface area (TPSA) is 58.6 Å². The highest BCUT2D eigenvalue weighted by atomic mass is 35.5. The van der Waals surface area contributed by atoms with Gasteiger partial charge in [-0.2, -0.15) is 0 Å². The number of carbonyl (C=O) groups excluding carboxylic acids is 2. The largest absolute Gasteiger partial charge is 0.445 e. The lowest BCUT2D eigenvalue weighted by Crippen LogP contribution is -2.43. The molecule has 1 atom stereocenters. The third-order valence-corrected chi connectivity index (χ3v) is 4.32. The molecule has 0 aliphatic carbocycles. The number of carbonyl (C=O) groups is 2. The number of likely N-dealkylation sites (tertiary alicyclic amines) is 1. The maximum Gasteiger partial charge on any atom is 0.410 e. The summed E-state index contributed by atoms with van der Waals surface area (Å²) in [6.45, 7) is 0.708. The Morgan fingerprint density at radius 1 is 1.16 bits per heavy atom. The minimum atomic E-state index is -0.526. The number of amides is 2. The van der Waals surface area contributed by atoms with E-state index >= 15 is 0 Å². The molecule has 0 spiro atoms. The number of ether oxygens (including phenoxy) is 1. The number of halogens is 1. The Morgan fingerprint density at radius 3 is 2.72 bits per heavy atom. The minimum absolute atomic E-state index is 0.193. The van der Waals surface area contributed by atoms with Crippen molar-refractivity contribution >= 4 is 29.3 Å². The first-order valence-electron chi connectivity index (χ1n) is 8.17. The van der Waals surface area contributed by atoms with Crippen LogP contribution in [-0.2, 0) is 16.1 Å². The minimum Gasteiger partial charge on any atom is -0.445 e. The molecule has 2 aromatic rings. The monoisotopic (exact) mass is 358 g/mol. The van der Waals surface area contributed by atoms with Crippen molar-refractivity contribution in [1.82, 2.24) is 4.90 Å². The Labute approximate surface area is 151 Å². The van der Waals surface area contributed by atoms with Crippen molar-refractivity contribution in [2.24, 2.45) is 0 Å². The molecule has 1 saturated heterocycles. The predicted molar refractivity (Wildman–Crippen MR) is 96.4 cm³/mol. The molecule has 5 nitrogen and oxygen atoms in total. The molecule has 1 heterocycles. The molecular weight excluding hydrogens is 340 g/mol. The first-order chi connectivity index (χ1) is 12.1. The standard InChI is InChI=1S/C19H19ClN2O3/c20-15-8-4-9-16(12-15)21-18(23)17-10-5-11-22(17)19(24)25-13-14-6-2-1-3-7-14/h1-4,6-9,12,17H,5,10-11,13H2,(H,21,23). The number of anilines is 1. The van der Waals surface area contributed by atoms with E-state index < -0.39 is 12.1 Å². The Kier molecular flexibility index (Phi) is 5.56. The van der Waals surface area contributed by atoms with Gasteiger partial charge in [-0.15, -0.1) is 0 Å². The second kappa shape index (κ2) is 8.03. The van der Waals surface area contributed by atoms with Gasteiger partial charge in [0.15, 0.2) is 0 Å². The number of rotatable bonds is 4. The Balaban J connectivity index is 1.59. The van der Waals surface area contributed by atoms with E-state index in [1.165, 1.54) is 4.90 Å². The van der Waals surface area contributed by atoms with E-state index in [4.69, 9.17) is 16.3 Å². The van der Waals surface area contributed by atoms with Crippen molar-refractivity contribution in [3.63, 3.8) is 0 Å². The summed E-state index contributed by atoms with van der Waals surface area (Å²) in [5.74, 6) is -0.226. The second-order valence-electron chi connectivity index (χ2n) is 5.89. The summed E-state index contributed by atoms with van der Waals surface area (Å²) >= 11 is 5.93. The zero-order valence-electron chi connectivity index (χ0n) is 13.7. The lowest BCUT2D eigenvalue weighted by molar-refractivity contribution is -0.120. The van der Waals surface area contributed by atoms with Crippen LogP contribution < -0.4 is 5.32 Å². The number of hydrogen-bond donors (Lipinski definition) is 1. The van der Waals surface area contributed by atoms with Crippen molar-refractivity contribution in [3.8, 4) is 0 Å². The summed E-state index contributed by atoms with van der Waals surface area (Å²) in [7, 11) is 0. The first-order valence-corrected chi connectivity index (χ1v) is 8.55. The van der Waals surface area contributed by atoms with Crippen LogP contribution in [0.3, 0.4) is 0 Å². The van der Waals surface area contributed by atoms with E-state index in [9.17, 15) is 9.59 Å². The fraction of sp³-hybridized carbons (Fsp3) is 0.263. The van der Waals surface area contributed by atoms with Gasteiger partial charge in [-0.1, -0.05) is 48.0 Å². The molecule has 2 amide bonds. The molecule has 25 heavy (non-hydrogen) atoms. The van der Waals surface area contributed by atoms with E-state index in [1.54, 1.807) is 24.3 Å². The van der Waals surface area contributed by atoms with Crippen molar-refractivity contribution < 1.29 is 14.3 Å². The van der Waals surface area contributed by atoms with Crippen molar-refractivity contribution in [2.75, 3.05) is 11.9 Å². The third-order valence-electron chi connectivity index (χ3n) is 4.09. The van der Waals surface area contributed by atoms with Gasteiger partial charge in [0, 0.05) is 17.3 Å². The first kappa shape index (κ1) is 17.3. The predicted octanol–water partition coefficient (Wildman–Crippen LogP) is 4.08. The molecule has 0 bridgehead atoms. The number of nitrogens with zero attached hydrogens (tertiary/aromatic N) is 1. The van der Waals surface area contributed by atoms with Gasteiger partial charge in [-0.05, 0) is 36.6 Å². The molecule has 1 aliphatic heterocycles. The Bertz CT molecular complexity index is 751. The van der Waals surface area contributed by atoms with Gasteiger partial charge in [0.2, 0.25) is 5.91 Å². The van der Waals surface area contributed by atoms with E-state index in [2.05, 4.69) is 5.32 Å². The van der Waals surface area contributed by atoms with E-state index in [-0.39, 0.29) is 12.5 Å². The molecule has 6 heteroatoms. The number of hydrogen-bond acceptors (Lipinski definition) is 3. The van der Waals surface area contributed by atoms with Gasteiger partial charge in [-0.3, -0.25) is 9.69 Å². The summed E-state index contributed by atoms with van der Waals surface area (Å²) in [5.41, 5.74) is 1.52. The van der Waals surface area contributed by atoms with Gasteiger partial charge in [0.1, 0.15) is 12.6 Å². The zero-order chi connectivity index (χ0) is 17.6. The molecule has 0 aromatic heterocycles. The second-order valence-corrected chi connectivity index (χ2v) is 6.33. The summed E-state index contributed by atoms with van der Waals surface area (Å²) in [4.78, 5) is 26.3. The fourth-order valence-corrected chi connectivity index (χ4v) is 3.04. The SMILES string of the molecule is O=C(Nc1cccc(Cl)c1)C1CCCN1C(=O)OCc1ccccc1. The van der Waals surface area contributed by atoms with Crippen molar-refractivity contribution in [2.45, 2.75) is 25.5 Å². The van der Waals surface area contributed by atoms with Crippen LogP contribution in [0.4, 0.5) is 10.5 Å². The number of nitrogens with one attached hydrogen (secondary N) is 1. The molecule has 130 valence electrons. The molecule has 1 aliphatic rings. The average molecular weight is 359 g/mol. The lowest BCUT2D eigenvalue weighted by Gasteiger charge is -2.23. The molecule has 3 rings (SSSR count). The van der Waals surface area contributed by atoms with Crippen LogP contribution in [0.2, 0.25) is 5.02 Å². The molecule has 1 N–H and O–H groups in total. The molecule has 1 fully saturated rings. The molecule has 0 radical (unpaired) electrons. The van der Waals surface area contributed by atoms with Crippen LogP contribution in [0.25, 0.3) is 0 Å². The van der Waals surface area contributed by atoms with Crippen LogP contribution in [0.5, 0.6) is 0 Å². The van der Waals surface area contributed by atoms with E-state index in [0.29, 0.717) is 23.7 Å². The van der Waals surface area contributed by atoms with Crippen molar-refractivity contribution in [3.05, 3.63) is 65.2 Å². The van der Waals surface area contributed by atoms with E-state index in [0.717, 1.165) is 12.0 Å². The highest BCUT2D eigenvalue weighted by Crippen LogP contribution is 2.22. The molecular formula is C19H19ClN2O3. The average Bonchev–Trinajstić information content (AvgIpc) is 3.10. The molecule has 1 unspecified atom stereocenters. The molecule has 2 aromatic carbocycles. The third kappa shape index (κ3) is 4.51. The van der Waals surface area contributed by atoms with Crippen LogP contribution in [0.1, 0.15) is 18.4 Å². The summed E-state index contributed by atoms with van der Waals surface area (Å²) < 4.78 is 5.35. The normalized spacial score (nSPS) is 16.5. The van der Waals surface area contributed by atoms with Gasteiger partial charge >= 0.3 is 6.09 Å². The van der Waals surface area contributed by atoms with Crippen LogP contribution >= 0.6 is 11.6 Å². The fourth-order valence-electron chi connectivity index (χ4n) is 2.85. The van der Waals surface area contributed by atoms with Gasteiger partial charge in [0.25, 0.3) is 0 Å². The lowest BCUT2D eigenvalue weighted by atomic mass is 10.2. The maximum atomic E-state index is 12.5. The molecule has 0 saturated carbocycles. The smallest absolute Gasteiger partial charge is 0.410 e. The van der Waals surface area contributed by atoms with E-state index in [1.807, 2.05) is 30.3 Å². The summed E-state index contributed by atoms with van der Waals surface area (Å²) in [6.07, 6.45) is 0.925. The summed E-state index contributed by atoms with van der Waals surface area (Å²) in [5, 5.41) is 3.36. The Hall–Kier alpha value is -2.53. The van der Waals surface area contributed by atoms with Crippen LogP contribution in [-0.4, -0.2) is 29.5 Å². The maximum absolute atomic E-state index is 12.5. The zero-order valence-corrected chi connectivity index (χ0v) is 14.4. The van der Waals surface area contributed by atoms with Crippen molar-refractivity contribution in [1.29, 1.82) is 0 Å². The van der Waals surface area contributed by atoms with Crippen LogP contribution in [0, 0.1) is 0 Å².